The number of halogens is 4. The van der Waals surface area contributed by atoms with Gasteiger partial charge in [0.1, 0.15) is 0 Å². The molecule has 0 saturated heterocycles. The molecule has 1 rings (SSSR count). The molecule has 0 fully saturated rings. The maximum atomic E-state index is 12.3. The molecule has 0 radical (unpaired) electrons. The van der Waals surface area contributed by atoms with Gasteiger partial charge in [-0.25, -0.2) is 0 Å². The molecule has 0 bridgehead atoms. The van der Waals surface area contributed by atoms with Crippen molar-refractivity contribution in [2.75, 3.05) is 10.7 Å². The second-order valence-electron chi connectivity index (χ2n) is 3.95. The summed E-state index contributed by atoms with van der Waals surface area (Å²) in [4.78, 5) is 12.3. The number of amides is 1. The number of carbonyl (C=O) groups is 1. The Morgan fingerprint density at radius 2 is 1.78 bits per heavy atom. The van der Waals surface area contributed by atoms with E-state index in [-0.39, 0.29) is 11.4 Å². The Morgan fingerprint density at radius 1 is 1.28 bits per heavy atom. The van der Waals surface area contributed by atoms with E-state index in [1.165, 1.54) is 0 Å². The average molecular weight is 418 g/mol. The molecule has 1 amide bonds. The van der Waals surface area contributed by atoms with Gasteiger partial charge < -0.3 is 5.32 Å². The first kappa shape index (κ1) is 16.3. The van der Waals surface area contributed by atoms with E-state index in [2.05, 4.69) is 37.2 Å². The molecule has 0 aliphatic rings. The topological polar surface area (TPSA) is 29.1 Å². The van der Waals surface area contributed by atoms with E-state index >= 15 is 0 Å². The number of hydrogen-bond donors (Lipinski definition) is 1. The standard InChI is InChI=1S/C12H13Br2Cl2NO/c1-2-12(6-13,7-14)17-11(18)10-8(15)4-3-5-9(10)16/h3-5H,2,6-7H2,1H3,(H,17,18). The highest BCUT2D eigenvalue weighted by molar-refractivity contribution is 9.09. The van der Waals surface area contributed by atoms with Crippen molar-refractivity contribution in [1.82, 2.24) is 5.32 Å². The number of benzene rings is 1. The van der Waals surface area contributed by atoms with Gasteiger partial charge in [-0.2, -0.15) is 0 Å². The Hall–Kier alpha value is 0.230. The minimum Gasteiger partial charge on any atom is -0.345 e. The van der Waals surface area contributed by atoms with Gasteiger partial charge in [0.15, 0.2) is 0 Å². The maximum Gasteiger partial charge on any atom is 0.254 e. The predicted molar refractivity (Wildman–Crippen MR) is 84.5 cm³/mol. The van der Waals surface area contributed by atoms with Gasteiger partial charge in [-0.05, 0) is 18.6 Å². The summed E-state index contributed by atoms with van der Waals surface area (Å²) in [5, 5.41) is 4.98. The minimum absolute atomic E-state index is 0.258. The molecular formula is C12H13Br2Cl2NO. The molecule has 1 aromatic carbocycles. The smallest absolute Gasteiger partial charge is 0.254 e. The third-order valence-electron chi connectivity index (χ3n) is 2.76. The molecule has 0 unspecified atom stereocenters. The Kier molecular flexibility index (Phi) is 6.45. The van der Waals surface area contributed by atoms with Crippen molar-refractivity contribution in [3.8, 4) is 0 Å². The first-order chi connectivity index (χ1) is 8.49. The highest BCUT2D eigenvalue weighted by atomic mass is 79.9. The summed E-state index contributed by atoms with van der Waals surface area (Å²) < 4.78 is 0. The highest BCUT2D eigenvalue weighted by Gasteiger charge is 2.29. The molecule has 0 saturated carbocycles. The van der Waals surface area contributed by atoms with Gasteiger partial charge in [-0.15, -0.1) is 0 Å². The average Bonchev–Trinajstić information content (AvgIpc) is 2.36. The van der Waals surface area contributed by atoms with Gasteiger partial charge >= 0.3 is 0 Å². The molecule has 2 nitrogen and oxygen atoms in total. The normalized spacial score (nSPS) is 11.4. The van der Waals surface area contributed by atoms with Gasteiger partial charge in [-0.1, -0.05) is 68.1 Å². The fourth-order valence-electron chi connectivity index (χ4n) is 1.40. The molecule has 6 heteroatoms. The van der Waals surface area contributed by atoms with Crippen LogP contribution >= 0.6 is 55.1 Å². The fraction of sp³-hybridized carbons (Fsp3) is 0.417. The van der Waals surface area contributed by atoms with Crippen LogP contribution in [0, 0.1) is 0 Å². The van der Waals surface area contributed by atoms with Crippen molar-refractivity contribution >= 4 is 61.0 Å². The Labute approximate surface area is 134 Å². The van der Waals surface area contributed by atoms with Crippen LogP contribution in [0.3, 0.4) is 0 Å². The summed E-state index contributed by atoms with van der Waals surface area (Å²) in [6.45, 7) is 2.01. The van der Waals surface area contributed by atoms with Gasteiger partial charge in [-0.3, -0.25) is 4.79 Å². The van der Waals surface area contributed by atoms with Crippen molar-refractivity contribution in [2.24, 2.45) is 0 Å². The van der Waals surface area contributed by atoms with E-state index in [0.717, 1.165) is 6.42 Å². The van der Waals surface area contributed by atoms with Crippen molar-refractivity contribution in [2.45, 2.75) is 18.9 Å². The van der Waals surface area contributed by atoms with Crippen LogP contribution in [0.4, 0.5) is 0 Å². The zero-order valence-corrected chi connectivity index (χ0v) is 14.5. The molecule has 18 heavy (non-hydrogen) atoms. The van der Waals surface area contributed by atoms with Crippen molar-refractivity contribution in [3.63, 3.8) is 0 Å². The zero-order chi connectivity index (χ0) is 13.8. The summed E-state index contributed by atoms with van der Waals surface area (Å²) in [7, 11) is 0. The number of rotatable bonds is 5. The monoisotopic (exact) mass is 415 g/mol. The lowest BCUT2D eigenvalue weighted by Gasteiger charge is -2.30. The molecule has 0 spiro atoms. The first-order valence-corrected chi connectivity index (χ1v) is 8.38. The quantitative estimate of drug-likeness (QED) is 0.693. The minimum atomic E-state index is -0.348. The van der Waals surface area contributed by atoms with Crippen LogP contribution in [0.1, 0.15) is 23.7 Å². The number of hydrogen-bond acceptors (Lipinski definition) is 1. The van der Waals surface area contributed by atoms with Crippen molar-refractivity contribution < 1.29 is 4.79 Å². The van der Waals surface area contributed by atoms with E-state index in [0.29, 0.717) is 26.3 Å². The first-order valence-electron chi connectivity index (χ1n) is 5.38. The van der Waals surface area contributed by atoms with E-state index in [1.807, 2.05) is 6.92 Å². The lowest BCUT2D eigenvalue weighted by molar-refractivity contribution is 0.0915. The maximum absolute atomic E-state index is 12.3. The molecule has 0 atom stereocenters. The molecule has 0 aliphatic carbocycles. The van der Waals surface area contributed by atoms with E-state index in [9.17, 15) is 4.79 Å². The van der Waals surface area contributed by atoms with Crippen molar-refractivity contribution in [1.29, 1.82) is 0 Å². The molecular weight excluding hydrogens is 405 g/mol. The zero-order valence-electron chi connectivity index (χ0n) is 9.77. The van der Waals surface area contributed by atoms with Crippen LogP contribution in [0.25, 0.3) is 0 Å². The molecule has 1 aromatic rings. The summed E-state index contributed by atoms with van der Waals surface area (Å²) in [5.74, 6) is -0.258. The van der Waals surface area contributed by atoms with Crippen LogP contribution < -0.4 is 5.32 Å². The van der Waals surface area contributed by atoms with Crippen LogP contribution in [0.5, 0.6) is 0 Å². The highest BCUT2D eigenvalue weighted by Crippen LogP contribution is 2.26. The molecule has 1 N–H and O–H groups in total. The molecule has 0 aliphatic heterocycles. The predicted octanol–water partition coefficient (Wildman–Crippen LogP) is 4.66. The lowest BCUT2D eigenvalue weighted by atomic mass is 10.0. The Bertz CT molecular complexity index is 408. The third kappa shape index (κ3) is 3.62. The summed E-state index contributed by atoms with van der Waals surface area (Å²) in [6, 6.07) is 5.01. The largest absolute Gasteiger partial charge is 0.345 e. The third-order valence-corrected chi connectivity index (χ3v) is 5.53. The van der Waals surface area contributed by atoms with E-state index in [1.54, 1.807) is 18.2 Å². The van der Waals surface area contributed by atoms with Crippen LogP contribution in [0.15, 0.2) is 18.2 Å². The number of alkyl halides is 2. The number of nitrogens with one attached hydrogen (secondary N) is 1. The Balaban J connectivity index is 3.02. The van der Waals surface area contributed by atoms with Crippen molar-refractivity contribution in [3.05, 3.63) is 33.8 Å². The SMILES string of the molecule is CCC(CBr)(CBr)NC(=O)c1c(Cl)cccc1Cl. The van der Waals surface area contributed by atoms with Gasteiger partial charge in [0.25, 0.3) is 5.91 Å². The van der Waals surface area contributed by atoms with Gasteiger partial charge in [0, 0.05) is 10.7 Å². The second kappa shape index (κ2) is 7.13. The number of carbonyl (C=O) groups excluding carboxylic acids is 1. The molecule has 0 heterocycles. The summed E-state index contributed by atoms with van der Waals surface area (Å²) >= 11 is 18.9. The van der Waals surface area contributed by atoms with Gasteiger partial charge in [0.05, 0.1) is 21.1 Å². The van der Waals surface area contributed by atoms with Crippen LogP contribution in [-0.4, -0.2) is 22.1 Å². The Morgan fingerprint density at radius 3 is 2.17 bits per heavy atom. The van der Waals surface area contributed by atoms with E-state index < -0.39 is 0 Å². The van der Waals surface area contributed by atoms with E-state index in [4.69, 9.17) is 23.2 Å². The lowest BCUT2D eigenvalue weighted by Crippen LogP contribution is -2.51. The molecule has 100 valence electrons. The molecule has 0 aromatic heterocycles. The fourth-order valence-corrected chi connectivity index (χ4v) is 3.97. The summed E-state index contributed by atoms with van der Waals surface area (Å²) in [6.07, 6.45) is 0.789. The second-order valence-corrected chi connectivity index (χ2v) is 5.89. The van der Waals surface area contributed by atoms with Crippen LogP contribution in [-0.2, 0) is 0 Å². The van der Waals surface area contributed by atoms with Gasteiger partial charge in [0.2, 0.25) is 0 Å². The van der Waals surface area contributed by atoms with Crippen LogP contribution in [0.2, 0.25) is 10.0 Å². The summed E-state index contributed by atoms with van der Waals surface area (Å²) in [5.41, 5.74) is -0.0277.